The number of esters is 2. The first-order valence-electron chi connectivity index (χ1n) is 9.24. The lowest BCUT2D eigenvalue weighted by Crippen LogP contribution is -2.59. The van der Waals surface area contributed by atoms with Crippen molar-refractivity contribution in [1.29, 1.82) is 0 Å². The first kappa shape index (κ1) is 18.9. The highest BCUT2D eigenvalue weighted by atomic mass is 16.5. The van der Waals surface area contributed by atoms with Crippen LogP contribution in [0.25, 0.3) is 0 Å². The van der Waals surface area contributed by atoms with Crippen molar-refractivity contribution in [1.82, 2.24) is 0 Å². The van der Waals surface area contributed by atoms with E-state index >= 15 is 0 Å². The van der Waals surface area contributed by atoms with Gasteiger partial charge < -0.3 is 14.6 Å². The summed E-state index contributed by atoms with van der Waals surface area (Å²) in [5.41, 5.74) is 0.516. The summed E-state index contributed by atoms with van der Waals surface area (Å²) < 4.78 is 10.0. The van der Waals surface area contributed by atoms with Crippen molar-refractivity contribution in [2.24, 2.45) is 22.7 Å². The lowest BCUT2D eigenvalue weighted by Gasteiger charge is -2.58. The van der Waals surface area contributed by atoms with E-state index in [2.05, 4.69) is 13.5 Å². The summed E-state index contributed by atoms with van der Waals surface area (Å²) in [7, 11) is 1.38. The van der Waals surface area contributed by atoms with Crippen molar-refractivity contribution < 1.29 is 24.2 Å². The number of hydrogen-bond acceptors (Lipinski definition) is 5. The number of cyclic esters (lactones) is 1. The molecular weight excluding hydrogens is 332 g/mol. The van der Waals surface area contributed by atoms with Crippen molar-refractivity contribution >= 4 is 11.9 Å². The van der Waals surface area contributed by atoms with Gasteiger partial charge >= 0.3 is 11.9 Å². The number of fused-ring (bicyclic) bond motifs is 1. The Labute approximate surface area is 154 Å². The summed E-state index contributed by atoms with van der Waals surface area (Å²) in [6.07, 6.45) is 7.83. The molecule has 3 aliphatic rings. The fraction of sp³-hybridized carbons (Fsp3) is 0.619. The van der Waals surface area contributed by atoms with Crippen LogP contribution in [0.3, 0.4) is 0 Å². The highest BCUT2D eigenvalue weighted by molar-refractivity contribution is 5.93. The number of ether oxygens (including phenoxy) is 2. The maximum Gasteiger partial charge on any atom is 0.338 e. The van der Waals surface area contributed by atoms with Crippen LogP contribution in [0.2, 0.25) is 0 Å². The predicted molar refractivity (Wildman–Crippen MR) is 97.0 cm³/mol. The summed E-state index contributed by atoms with van der Waals surface area (Å²) >= 11 is 0. The van der Waals surface area contributed by atoms with E-state index in [-0.39, 0.29) is 29.2 Å². The topological polar surface area (TPSA) is 72.8 Å². The lowest BCUT2D eigenvalue weighted by molar-refractivity contribution is -0.184. The monoisotopic (exact) mass is 360 g/mol. The molecule has 26 heavy (non-hydrogen) atoms. The molecule has 0 aromatic carbocycles. The average Bonchev–Trinajstić information content (AvgIpc) is 3.02. The number of hydrogen-bond donors (Lipinski definition) is 1. The van der Waals surface area contributed by atoms with Gasteiger partial charge in [0, 0.05) is 5.92 Å². The van der Waals surface area contributed by atoms with Gasteiger partial charge in [0.1, 0.15) is 6.61 Å². The first-order chi connectivity index (χ1) is 12.2. The van der Waals surface area contributed by atoms with E-state index < -0.39 is 11.5 Å². The molecule has 3 rings (SSSR count). The second kappa shape index (κ2) is 6.69. The summed E-state index contributed by atoms with van der Waals surface area (Å²) in [6.45, 7) is 8.58. The number of aliphatic hydroxyl groups is 1. The Kier molecular flexibility index (Phi) is 4.86. The van der Waals surface area contributed by atoms with Gasteiger partial charge in [0.25, 0.3) is 0 Å². The molecule has 0 aromatic heterocycles. The van der Waals surface area contributed by atoms with Crippen LogP contribution < -0.4 is 0 Å². The fourth-order valence-corrected chi connectivity index (χ4v) is 5.36. The van der Waals surface area contributed by atoms with Gasteiger partial charge in [-0.3, -0.25) is 4.79 Å². The SMILES string of the molecule is C=C1CC[C@H]2[C@@](C)(CC[C@@H](O)[C@@]2(C)C(=O)OC)[C@@H]1/C=C/C1=CCOC1=O. The largest absolute Gasteiger partial charge is 0.469 e. The van der Waals surface area contributed by atoms with E-state index in [1.807, 2.05) is 19.1 Å². The Balaban J connectivity index is 1.96. The molecule has 2 aliphatic carbocycles. The van der Waals surface area contributed by atoms with Crippen molar-refractivity contribution in [2.75, 3.05) is 13.7 Å². The van der Waals surface area contributed by atoms with Crippen LogP contribution in [0.15, 0.2) is 36.0 Å². The predicted octanol–water partition coefficient (Wildman–Crippen LogP) is 2.95. The van der Waals surface area contributed by atoms with Gasteiger partial charge in [0.15, 0.2) is 0 Å². The van der Waals surface area contributed by atoms with Gasteiger partial charge in [0.05, 0.1) is 24.2 Å². The van der Waals surface area contributed by atoms with E-state index in [4.69, 9.17) is 9.47 Å². The molecule has 0 saturated heterocycles. The molecular formula is C21H28O5. The number of aliphatic hydroxyl groups excluding tert-OH is 1. The van der Waals surface area contributed by atoms with Crippen LogP contribution in [-0.4, -0.2) is 36.9 Å². The van der Waals surface area contributed by atoms with Gasteiger partial charge in [-0.2, -0.15) is 0 Å². The average molecular weight is 360 g/mol. The minimum atomic E-state index is -0.930. The third-order valence-electron chi connectivity index (χ3n) is 6.92. The van der Waals surface area contributed by atoms with Crippen LogP contribution in [0.5, 0.6) is 0 Å². The van der Waals surface area contributed by atoms with Crippen molar-refractivity contribution in [3.8, 4) is 0 Å². The Bertz CT molecular complexity index is 691. The van der Waals surface area contributed by atoms with Crippen molar-refractivity contribution in [3.63, 3.8) is 0 Å². The van der Waals surface area contributed by atoms with Gasteiger partial charge in [-0.25, -0.2) is 4.79 Å². The van der Waals surface area contributed by atoms with E-state index in [9.17, 15) is 14.7 Å². The molecule has 5 atom stereocenters. The first-order valence-corrected chi connectivity index (χ1v) is 9.24. The molecule has 142 valence electrons. The highest BCUT2D eigenvalue weighted by Gasteiger charge is 2.61. The van der Waals surface area contributed by atoms with Crippen LogP contribution in [0, 0.1) is 22.7 Å². The van der Waals surface area contributed by atoms with E-state index in [0.29, 0.717) is 18.6 Å². The molecule has 1 N–H and O–H groups in total. The van der Waals surface area contributed by atoms with Gasteiger partial charge in [-0.1, -0.05) is 31.2 Å². The molecule has 0 amide bonds. The summed E-state index contributed by atoms with van der Waals surface area (Å²) in [4.78, 5) is 24.3. The molecule has 2 saturated carbocycles. The van der Waals surface area contributed by atoms with Gasteiger partial charge in [0.2, 0.25) is 0 Å². The van der Waals surface area contributed by atoms with Crippen LogP contribution in [0.1, 0.15) is 39.5 Å². The van der Waals surface area contributed by atoms with Crippen molar-refractivity contribution in [3.05, 3.63) is 36.0 Å². The Hall–Kier alpha value is -1.88. The van der Waals surface area contributed by atoms with Crippen LogP contribution >= 0.6 is 0 Å². The Morgan fingerprint density at radius 3 is 2.77 bits per heavy atom. The summed E-state index contributed by atoms with van der Waals surface area (Å²) in [5, 5.41) is 10.7. The molecule has 1 aliphatic heterocycles. The minimum Gasteiger partial charge on any atom is -0.469 e. The zero-order chi connectivity index (χ0) is 19.1. The summed E-state index contributed by atoms with van der Waals surface area (Å²) in [5.74, 6) is -0.635. The van der Waals surface area contributed by atoms with E-state index in [0.717, 1.165) is 24.8 Å². The van der Waals surface area contributed by atoms with Gasteiger partial charge in [-0.05, 0) is 50.0 Å². The molecule has 0 unspecified atom stereocenters. The highest BCUT2D eigenvalue weighted by Crippen LogP contribution is 2.61. The molecule has 2 fully saturated rings. The Morgan fingerprint density at radius 1 is 1.42 bits per heavy atom. The van der Waals surface area contributed by atoms with Crippen LogP contribution in [-0.2, 0) is 19.1 Å². The zero-order valence-corrected chi connectivity index (χ0v) is 15.8. The van der Waals surface area contributed by atoms with E-state index in [1.54, 1.807) is 6.08 Å². The molecule has 0 radical (unpaired) electrons. The number of allylic oxidation sites excluding steroid dienone is 2. The zero-order valence-electron chi connectivity index (χ0n) is 15.8. The lowest BCUT2D eigenvalue weighted by atomic mass is 9.46. The maximum absolute atomic E-state index is 12.6. The molecule has 5 nitrogen and oxygen atoms in total. The molecule has 0 bridgehead atoms. The maximum atomic E-state index is 12.6. The molecule has 1 heterocycles. The third-order valence-corrected chi connectivity index (χ3v) is 6.92. The standard InChI is InChI=1S/C21H28O5/c1-13-5-8-16-20(2,11-9-17(22)21(16,3)19(24)25-4)15(13)7-6-14-10-12-26-18(14)23/h6-7,10,15-17,22H,1,5,8-9,11-12H2,2-4H3/b7-6+/t15-,16+,17-,20+,21+/m1/s1. The quantitative estimate of drug-likeness (QED) is 0.619. The smallest absolute Gasteiger partial charge is 0.338 e. The molecule has 0 aromatic rings. The normalized spacial score (nSPS) is 40.2. The summed E-state index contributed by atoms with van der Waals surface area (Å²) in [6, 6.07) is 0. The fourth-order valence-electron chi connectivity index (χ4n) is 5.36. The number of rotatable bonds is 3. The van der Waals surface area contributed by atoms with Crippen LogP contribution in [0.4, 0.5) is 0 Å². The van der Waals surface area contributed by atoms with E-state index in [1.165, 1.54) is 7.11 Å². The number of carbonyl (C=O) groups is 2. The molecule has 0 spiro atoms. The Morgan fingerprint density at radius 2 is 2.15 bits per heavy atom. The second-order valence-electron chi connectivity index (χ2n) is 8.18. The third kappa shape index (κ3) is 2.73. The number of methoxy groups -OCH3 is 1. The van der Waals surface area contributed by atoms with Gasteiger partial charge in [-0.15, -0.1) is 0 Å². The molecule has 5 heteroatoms. The second-order valence-corrected chi connectivity index (χ2v) is 8.18. The minimum absolute atomic E-state index is 0.0177. The van der Waals surface area contributed by atoms with Crippen molar-refractivity contribution in [2.45, 2.75) is 45.6 Å². The number of carbonyl (C=O) groups excluding carboxylic acids is 2.